The monoisotopic (exact) mass is 425 g/mol. The van der Waals surface area contributed by atoms with Crippen molar-refractivity contribution in [1.29, 1.82) is 0 Å². The Bertz CT molecular complexity index is 1160. The summed E-state index contributed by atoms with van der Waals surface area (Å²) in [6.07, 6.45) is 5.42. The summed E-state index contributed by atoms with van der Waals surface area (Å²) < 4.78 is 6.66. The summed E-state index contributed by atoms with van der Waals surface area (Å²) in [7, 11) is 0. The van der Waals surface area contributed by atoms with Crippen LogP contribution in [0.15, 0.2) is 35.4 Å². The summed E-state index contributed by atoms with van der Waals surface area (Å²) in [5, 5.41) is 3.95. The molecule has 0 spiro atoms. The molecule has 2 heterocycles. The number of carbonyl (C=O) groups excluding carboxylic acids is 2. The van der Waals surface area contributed by atoms with E-state index in [1.165, 1.54) is 22.2 Å². The van der Waals surface area contributed by atoms with Crippen LogP contribution in [0.4, 0.5) is 5.00 Å². The molecule has 8 heteroatoms. The third-order valence-electron chi connectivity index (χ3n) is 5.22. The fraction of sp³-hybridized carbons (Fsp3) is 0.364. The van der Waals surface area contributed by atoms with Crippen molar-refractivity contribution in [3.63, 3.8) is 0 Å². The molecule has 7 nitrogen and oxygen atoms in total. The lowest BCUT2D eigenvalue weighted by molar-refractivity contribution is -0.116. The van der Waals surface area contributed by atoms with Gasteiger partial charge in [-0.1, -0.05) is 12.1 Å². The van der Waals surface area contributed by atoms with Gasteiger partial charge in [0.25, 0.3) is 5.56 Å². The van der Waals surface area contributed by atoms with Gasteiger partial charge in [0.2, 0.25) is 5.91 Å². The van der Waals surface area contributed by atoms with Gasteiger partial charge in [0.1, 0.15) is 5.00 Å². The van der Waals surface area contributed by atoms with Crippen LogP contribution in [0.3, 0.4) is 0 Å². The van der Waals surface area contributed by atoms with E-state index in [-0.39, 0.29) is 37.0 Å². The number of anilines is 1. The number of hydrogen-bond donors (Lipinski definition) is 1. The number of aryl methyl sites for hydroxylation is 2. The standard InChI is InChI=1S/C22H23N3O4S/c1-2-29-22(28)19-15-8-4-6-10-17(15)30-20(19)24-18(26)11-12-25-13-23-16-9-5-3-7-14(16)21(25)27/h3,5,7,9,13H,2,4,6,8,10-12H2,1H3,(H,24,26). The Labute approximate surface area is 177 Å². The van der Waals surface area contributed by atoms with Crippen LogP contribution < -0.4 is 10.9 Å². The number of carbonyl (C=O) groups is 2. The first-order chi connectivity index (χ1) is 14.6. The van der Waals surface area contributed by atoms with Gasteiger partial charge in [-0.3, -0.25) is 14.2 Å². The lowest BCUT2D eigenvalue weighted by Crippen LogP contribution is -2.24. The van der Waals surface area contributed by atoms with Crippen molar-refractivity contribution in [1.82, 2.24) is 9.55 Å². The van der Waals surface area contributed by atoms with Gasteiger partial charge in [0, 0.05) is 17.8 Å². The van der Waals surface area contributed by atoms with Gasteiger partial charge in [0.05, 0.1) is 29.4 Å². The second-order valence-corrected chi connectivity index (χ2v) is 8.30. The molecular formula is C22H23N3O4S. The van der Waals surface area contributed by atoms with Gasteiger partial charge in [-0.05, 0) is 50.3 Å². The number of nitrogens with zero attached hydrogens (tertiary/aromatic N) is 2. The van der Waals surface area contributed by atoms with E-state index in [1.54, 1.807) is 25.1 Å². The number of amides is 1. The summed E-state index contributed by atoms with van der Waals surface area (Å²) in [5.41, 5.74) is 1.96. The molecule has 0 bridgehead atoms. The van der Waals surface area contributed by atoms with Crippen molar-refractivity contribution in [2.45, 2.75) is 45.6 Å². The maximum absolute atomic E-state index is 12.6. The van der Waals surface area contributed by atoms with Crippen LogP contribution in [0.5, 0.6) is 0 Å². The topological polar surface area (TPSA) is 90.3 Å². The fourth-order valence-corrected chi connectivity index (χ4v) is 5.04. The van der Waals surface area contributed by atoms with E-state index in [0.29, 0.717) is 21.5 Å². The summed E-state index contributed by atoms with van der Waals surface area (Å²) >= 11 is 1.46. The van der Waals surface area contributed by atoms with Crippen molar-refractivity contribution in [3.8, 4) is 0 Å². The Hall–Kier alpha value is -3.00. The molecule has 0 saturated carbocycles. The number of para-hydroxylation sites is 1. The Morgan fingerprint density at radius 1 is 1.23 bits per heavy atom. The van der Waals surface area contributed by atoms with Gasteiger partial charge in [-0.25, -0.2) is 9.78 Å². The maximum Gasteiger partial charge on any atom is 0.341 e. The van der Waals surface area contributed by atoms with Gasteiger partial charge < -0.3 is 10.1 Å². The Morgan fingerprint density at radius 2 is 2.03 bits per heavy atom. The maximum atomic E-state index is 12.6. The highest BCUT2D eigenvalue weighted by atomic mass is 32.1. The molecule has 0 fully saturated rings. The van der Waals surface area contributed by atoms with E-state index in [2.05, 4.69) is 10.3 Å². The van der Waals surface area contributed by atoms with Crippen LogP contribution in [0, 0.1) is 0 Å². The van der Waals surface area contributed by atoms with E-state index in [9.17, 15) is 14.4 Å². The van der Waals surface area contributed by atoms with Crippen molar-refractivity contribution in [2.75, 3.05) is 11.9 Å². The predicted octanol–water partition coefficient (Wildman–Crippen LogP) is 3.54. The van der Waals surface area contributed by atoms with E-state index in [0.717, 1.165) is 36.1 Å². The van der Waals surface area contributed by atoms with Gasteiger partial charge in [0.15, 0.2) is 0 Å². The molecule has 0 radical (unpaired) electrons. The average molecular weight is 426 g/mol. The number of aromatic nitrogens is 2. The van der Waals surface area contributed by atoms with E-state index < -0.39 is 0 Å². The zero-order valence-corrected chi connectivity index (χ0v) is 17.6. The van der Waals surface area contributed by atoms with Crippen LogP contribution >= 0.6 is 11.3 Å². The number of fused-ring (bicyclic) bond motifs is 2. The number of esters is 1. The molecule has 0 saturated heterocycles. The Balaban J connectivity index is 1.51. The van der Waals surface area contributed by atoms with Crippen LogP contribution in [-0.4, -0.2) is 28.0 Å². The molecule has 30 heavy (non-hydrogen) atoms. The largest absolute Gasteiger partial charge is 0.462 e. The number of hydrogen-bond acceptors (Lipinski definition) is 6. The number of benzene rings is 1. The van der Waals surface area contributed by atoms with E-state index in [4.69, 9.17) is 4.74 Å². The molecular weight excluding hydrogens is 402 g/mol. The molecule has 1 aliphatic rings. The molecule has 2 aromatic heterocycles. The second kappa shape index (κ2) is 8.79. The molecule has 1 N–H and O–H groups in total. The van der Waals surface area contributed by atoms with Crippen LogP contribution in [0.2, 0.25) is 0 Å². The van der Waals surface area contributed by atoms with E-state index >= 15 is 0 Å². The zero-order valence-electron chi connectivity index (χ0n) is 16.8. The van der Waals surface area contributed by atoms with Crippen molar-refractivity contribution < 1.29 is 14.3 Å². The van der Waals surface area contributed by atoms with E-state index in [1.807, 2.05) is 6.07 Å². The third kappa shape index (κ3) is 4.00. The molecule has 4 rings (SSSR count). The van der Waals surface area contributed by atoms with Gasteiger partial charge in [-0.2, -0.15) is 0 Å². The first kappa shape index (κ1) is 20.3. The number of rotatable bonds is 6. The number of thiophene rings is 1. The average Bonchev–Trinajstić information content (AvgIpc) is 3.11. The summed E-state index contributed by atoms with van der Waals surface area (Å²) in [4.78, 5) is 43.1. The lowest BCUT2D eigenvalue weighted by atomic mass is 9.95. The Morgan fingerprint density at radius 3 is 2.87 bits per heavy atom. The summed E-state index contributed by atoms with van der Waals surface area (Å²) in [5.74, 6) is -0.638. The molecule has 156 valence electrons. The fourth-order valence-electron chi connectivity index (χ4n) is 3.75. The van der Waals surface area contributed by atoms with Crippen LogP contribution in [-0.2, 0) is 28.9 Å². The van der Waals surface area contributed by atoms with Crippen LogP contribution in [0.25, 0.3) is 10.9 Å². The minimum Gasteiger partial charge on any atom is -0.462 e. The summed E-state index contributed by atoms with van der Waals surface area (Å²) in [6, 6.07) is 7.12. The first-order valence-corrected chi connectivity index (χ1v) is 11.0. The molecule has 3 aromatic rings. The highest BCUT2D eigenvalue weighted by Gasteiger charge is 2.27. The molecule has 1 aromatic carbocycles. The van der Waals surface area contributed by atoms with Crippen molar-refractivity contribution in [3.05, 3.63) is 57.0 Å². The molecule has 1 amide bonds. The number of ether oxygens (including phenoxy) is 1. The van der Waals surface area contributed by atoms with Crippen molar-refractivity contribution in [2.24, 2.45) is 0 Å². The SMILES string of the molecule is CCOC(=O)c1c(NC(=O)CCn2cnc3ccccc3c2=O)sc2c1CCCC2. The smallest absolute Gasteiger partial charge is 0.341 e. The number of nitrogens with one attached hydrogen (secondary N) is 1. The highest BCUT2D eigenvalue weighted by Crippen LogP contribution is 2.38. The minimum atomic E-state index is -0.387. The molecule has 1 aliphatic carbocycles. The van der Waals surface area contributed by atoms with Gasteiger partial charge >= 0.3 is 5.97 Å². The molecule has 0 aliphatic heterocycles. The third-order valence-corrected chi connectivity index (χ3v) is 6.42. The van der Waals surface area contributed by atoms with Crippen LogP contribution in [0.1, 0.15) is 47.0 Å². The summed E-state index contributed by atoms with van der Waals surface area (Å²) in [6.45, 7) is 2.27. The predicted molar refractivity (Wildman–Crippen MR) is 116 cm³/mol. The zero-order chi connectivity index (χ0) is 21.1. The lowest BCUT2D eigenvalue weighted by Gasteiger charge is -2.12. The normalized spacial score (nSPS) is 13.1. The quantitative estimate of drug-likeness (QED) is 0.610. The van der Waals surface area contributed by atoms with Crippen molar-refractivity contribution >= 4 is 39.1 Å². The second-order valence-electron chi connectivity index (χ2n) is 7.19. The minimum absolute atomic E-state index is 0.102. The molecule has 0 unspecified atom stereocenters. The Kier molecular flexibility index (Phi) is 5.94. The molecule has 0 atom stereocenters. The highest BCUT2D eigenvalue weighted by molar-refractivity contribution is 7.17. The first-order valence-electron chi connectivity index (χ1n) is 10.1. The van der Waals surface area contributed by atoms with Gasteiger partial charge in [-0.15, -0.1) is 11.3 Å².